The first-order valence-corrected chi connectivity index (χ1v) is 7.76. The molecule has 0 heterocycles. The summed E-state index contributed by atoms with van der Waals surface area (Å²) >= 11 is 0. The topological polar surface area (TPSA) is 73.6 Å². The van der Waals surface area contributed by atoms with E-state index in [1.54, 1.807) is 0 Å². The van der Waals surface area contributed by atoms with Gasteiger partial charge in [-0.25, -0.2) is 0 Å². The van der Waals surface area contributed by atoms with E-state index in [0.29, 0.717) is 25.7 Å². The standard InChI is InChI=1S/C15H30N2O3/c1-4-5-8-19-9-10-20-11-15(14(16)18,13-6-7-13)17-12(2)3/h12-13,17H,4-11H2,1-3H3,(H2,16,18). The Labute approximate surface area is 122 Å². The molecule has 118 valence electrons. The van der Waals surface area contributed by atoms with Crippen molar-refractivity contribution < 1.29 is 14.3 Å². The Balaban J connectivity index is 2.35. The Morgan fingerprint density at radius 1 is 1.30 bits per heavy atom. The number of unbranched alkanes of at least 4 members (excludes halogenated alkanes) is 1. The average Bonchev–Trinajstić information content (AvgIpc) is 3.20. The molecule has 1 aliphatic carbocycles. The van der Waals surface area contributed by atoms with E-state index in [0.717, 1.165) is 32.3 Å². The lowest BCUT2D eigenvalue weighted by Gasteiger charge is -2.33. The van der Waals surface area contributed by atoms with Crippen LogP contribution in [0.2, 0.25) is 0 Å². The molecule has 0 aromatic rings. The minimum atomic E-state index is -0.711. The quantitative estimate of drug-likeness (QED) is 0.533. The number of rotatable bonds is 12. The molecule has 0 radical (unpaired) electrons. The minimum absolute atomic E-state index is 0.201. The highest BCUT2D eigenvalue weighted by Gasteiger charge is 2.50. The maximum Gasteiger partial charge on any atom is 0.240 e. The predicted octanol–water partition coefficient (Wildman–Crippen LogP) is 1.45. The third-order valence-electron chi connectivity index (χ3n) is 3.60. The zero-order valence-corrected chi connectivity index (χ0v) is 13.1. The van der Waals surface area contributed by atoms with E-state index in [1.165, 1.54) is 0 Å². The first-order valence-electron chi connectivity index (χ1n) is 7.76. The molecule has 0 aromatic heterocycles. The van der Waals surface area contributed by atoms with Gasteiger partial charge in [-0.3, -0.25) is 10.1 Å². The highest BCUT2D eigenvalue weighted by molar-refractivity contribution is 5.85. The lowest BCUT2D eigenvalue weighted by Crippen LogP contribution is -2.62. The highest BCUT2D eigenvalue weighted by Crippen LogP contribution is 2.40. The summed E-state index contributed by atoms with van der Waals surface area (Å²) in [6.45, 7) is 8.36. The maximum atomic E-state index is 11.9. The van der Waals surface area contributed by atoms with Crippen LogP contribution in [0.5, 0.6) is 0 Å². The van der Waals surface area contributed by atoms with Gasteiger partial charge in [-0.15, -0.1) is 0 Å². The van der Waals surface area contributed by atoms with Crippen molar-refractivity contribution in [1.82, 2.24) is 5.32 Å². The van der Waals surface area contributed by atoms with Crippen LogP contribution in [-0.4, -0.2) is 43.9 Å². The van der Waals surface area contributed by atoms with E-state index in [1.807, 2.05) is 13.8 Å². The van der Waals surface area contributed by atoms with Gasteiger partial charge >= 0.3 is 0 Å². The van der Waals surface area contributed by atoms with Crippen molar-refractivity contribution in [3.63, 3.8) is 0 Å². The first kappa shape index (κ1) is 17.4. The van der Waals surface area contributed by atoms with Gasteiger partial charge < -0.3 is 15.2 Å². The number of ether oxygens (including phenoxy) is 2. The average molecular weight is 286 g/mol. The summed E-state index contributed by atoms with van der Waals surface area (Å²) in [5, 5.41) is 3.33. The van der Waals surface area contributed by atoms with Crippen LogP contribution in [0.4, 0.5) is 0 Å². The summed E-state index contributed by atoms with van der Waals surface area (Å²) in [5.41, 5.74) is 4.92. The van der Waals surface area contributed by atoms with Gasteiger partial charge in [0.1, 0.15) is 5.54 Å². The number of hydrogen-bond acceptors (Lipinski definition) is 4. The van der Waals surface area contributed by atoms with Crippen LogP contribution in [0.15, 0.2) is 0 Å². The molecule has 1 unspecified atom stereocenters. The third kappa shape index (κ3) is 5.38. The van der Waals surface area contributed by atoms with Gasteiger partial charge in [0, 0.05) is 12.6 Å². The normalized spacial score (nSPS) is 18.2. The van der Waals surface area contributed by atoms with E-state index in [4.69, 9.17) is 15.2 Å². The molecular formula is C15H30N2O3. The lowest BCUT2D eigenvalue weighted by molar-refractivity contribution is -0.129. The molecule has 20 heavy (non-hydrogen) atoms. The summed E-state index contributed by atoms with van der Waals surface area (Å²) in [7, 11) is 0. The van der Waals surface area contributed by atoms with Gasteiger partial charge in [0.05, 0.1) is 19.8 Å². The summed E-state index contributed by atoms with van der Waals surface area (Å²) in [6.07, 6.45) is 4.28. The van der Waals surface area contributed by atoms with Crippen molar-refractivity contribution in [3.05, 3.63) is 0 Å². The number of primary amides is 1. The second kappa shape index (κ2) is 8.60. The zero-order chi connectivity index (χ0) is 15.0. The fraction of sp³-hybridized carbons (Fsp3) is 0.933. The number of amides is 1. The molecule has 5 nitrogen and oxygen atoms in total. The monoisotopic (exact) mass is 286 g/mol. The lowest BCUT2D eigenvalue weighted by atomic mass is 9.92. The molecule has 1 fully saturated rings. The number of carbonyl (C=O) groups is 1. The maximum absolute atomic E-state index is 11.9. The highest BCUT2D eigenvalue weighted by atomic mass is 16.5. The molecule has 1 amide bonds. The number of hydrogen-bond donors (Lipinski definition) is 2. The third-order valence-corrected chi connectivity index (χ3v) is 3.60. The van der Waals surface area contributed by atoms with Gasteiger partial charge in [0.25, 0.3) is 0 Å². The Bertz CT molecular complexity index is 293. The summed E-state index contributed by atoms with van der Waals surface area (Å²) in [6, 6.07) is 0.201. The molecule has 0 saturated heterocycles. The van der Waals surface area contributed by atoms with Crippen LogP contribution >= 0.6 is 0 Å². The molecule has 1 aliphatic rings. The number of carbonyl (C=O) groups excluding carboxylic acids is 1. The fourth-order valence-corrected chi connectivity index (χ4v) is 2.41. The minimum Gasteiger partial charge on any atom is -0.379 e. The molecule has 3 N–H and O–H groups in total. The molecule has 1 atom stereocenters. The van der Waals surface area contributed by atoms with Crippen molar-refractivity contribution in [2.75, 3.05) is 26.4 Å². The van der Waals surface area contributed by atoms with Crippen molar-refractivity contribution in [2.24, 2.45) is 11.7 Å². The Kier molecular flexibility index (Phi) is 7.48. The molecule has 0 bridgehead atoms. The van der Waals surface area contributed by atoms with Crippen LogP contribution in [0.3, 0.4) is 0 Å². The van der Waals surface area contributed by atoms with Crippen LogP contribution in [-0.2, 0) is 14.3 Å². The van der Waals surface area contributed by atoms with Crippen LogP contribution in [0.25, 0.3) is 0 Å². The van der Waals surface area contributed by atoms with Crippen LogP contribution in [0, 0.1) is 5.92 Å². The molecular weight excluding hydrogens is 256 g/mol. The van der Waals surface area contributed by atoms with E-state index in [2.05, 4.69) is 12.2 Å². The second-order valence-electron chi connectivity index (χ2n) is 5.93. The Morgan fingerprint density at radius 2 is 1.95 bits per heavy atom. The Hall–Kier alpha value is -0.650. The second-order valence-corrected chi connectivity index (χ2v) is 5.93. The van der Waals surface area contributed by atoms with Crippen molar-refractivity contribution in [3.8, 4) is 0 Å². The molecule has 5 heteroatoms. The van der Waals surface area contributed by atoms with Gasteiger partial charge in [-0.2, -0.15) is 0 Å². The van der Waals surface area contributed by atoms with Gasteiger partial charge in [-0.05, 0) is 39.0 Å². The van der Waals surface area contributed by atoms with Gasteiger partial charge in [-0.1, -0.05) is 13.3 Å². The van der Waals surface area contributed by atoms with E-state index in [9.17, 15) is 4.79 Å². The predicted molar refractivity (Wildman–Crippen MR) is 79.5 cm³/mol. The van der Waals surface area contributed by atoms with Crippen molar-refractivity contribution in [1.29, 1.82) is 0 Å². The SMILES string of the molecule is CCCCOCCOCC(NC(C)C)(C(N)=O)C1CC1. The molecule has 1 saturated carbocycles. The van der Waals surface area contributed by atoms with E-state index < -0.39 is 5.54 Å². The van der Waals surface area contributed by atoms with Crippen LogP contribution in [0.1, 0.15) is 46.5 Å². The zero-order valence-electron chi connectivity index (χ0n) is 13.1. The fourth-order valence-electron chi connectivity index (χ4n) is 2.41. The van der Waals surface area contributed by atoms with Crippen molar-refractivity contribution >= 4 is 5.91 Å². The first-order chi connectivity index (χ1) is 9.53. The molecule has 0 aliphatic heterocycles. The molecule has 1 rings (SSSR count). The van der Waals surface area contributed by atoms with E-state index in [-0.39, 0.29) is 11.9 Å². The van der Waals surface area contributed by atoms with E-state index >= 15 is 0 Å². The molecule has 0 aromatic carbocycles. The Morgan fingerprint density at radius 3 is 2.45 bits per heavy atom. The summed E-state index contributed by atoms with van der Waals surface area (Å²) < 4.78 is 11.1. The van der Waals surface area contributed by atoms with Gasteiger partial charge in [0.15, 0.2) is 0 Å². The molecule has 0 spiro atoms. The smallest absolute Gasteiger partial charge is 0.240 e. The summed E-state index contributed by atoms with van der Waals surface area (Å²) in [5.74, 6) is 0.00371. The number of nitrogens with two attached hydrogens (primary N) is 1. The number of nitrogens with one attached hydrogen (secondary N) is 1. The largest absolute Gasteiger partial charge is 0.379 e. The van der Waals surface area contributed by atoms with Crippen molar-refractivity contribution in [2.45, 2.75) is 58.0 Å². The van der Waals surface area contributed by atoms with Crippen LogP contribution < -0.4 is 11.1 Å². The van der Waals surface area contributed by atoms with Gasteiger partial charge in [0.2, 0.25) is 5.91 Å². The summed E-state index contributed by atoms with van der Waals surface area (Å²) in [4.78, 5) is 11.9.